The molecule has 2 atom stereocenters. The van der Waals surface area contributed by atoms with E-state index in [4.69, 9.17) is 9.47 Å². The molecule has 1 saturated heterocycles. The average molecular weight is 712 g/mol. The van der Waals surface area contributed by atoms with Crippen molar-refractivity contribution >= 4 is 29.3 Å². The molecule has 266 valence electrons. The first-order valence-corrected chi connectivity index (χ1v) is 17.4. The Labute approximate surface area is 302 Å². The molecule has 6 aliphatic heterocycles. The number of piperidine rings is 1. The third-order valence-corrected chi connectivity index (χ3v) is 10.4. The second-order valence-corrected chi connectivity index (χ2v) is 13.8. The first-order valence-electron chi connectivity index (χ1n) is 17.4. The second-order valence-electron chi connectivity index (χ2n) is 13.8. The van der Waals surface area contributed by atoms with Crippen LogP contribution in [0.3, 0.4) is 0 Å². The number of hydrogen-bond acceptors (Lipinski definition) is 12. The molecule has 0 spiro atoms. The molecule has 7 aliphatic rings. The van der Waals surface area contributed by atoms with Crippen LogP contribution in [0.5, 0.6) is 17.2 Å². The summed E-state index contributed by atoms with van der Waals surface area (Å²) in [5, 5.41) is 12.1. The molecule has 2 N–H and O–H groups in total. The molecule has 53 heavy (non-hydrogen) atoms. The van der Waals surface area contributed by atoms with Crippen LogP contribution >= 0.6 is 0 Å². The molecule has 8 heterocycles. The van der Waals surface area contributed by atoms with Gasteiger partial charge in [-0.15, -0.1) is 5.10 Å². The van der Waals surface area contributed by atoms with E-state index in [0.29, 0.717) is 29.6 Å². The van der Waals surface area contributed by atoms with Crippen LogP contribution in [0.2, 0.25) is 0 Å². The van der Waals surface area contributed by atoms with Crippen molar-refractivity contribution in [3.63, 3.8) is 0 Å². The number of imide groups is 2. The Balaban J connectivity index is 1.05. The van der Waals surface area contributed by atoms with Gasteiger partial charge in [0.05, 0.1) is 47.1 Å². The number of carbonyl (C=O) groups is 4. The molecule has 0 radical (unpaired) electrons. The van der Waals surface area contributed by atoms with Crippen LogP contribution in [0.25, 0.3) is 5.95 Å². The number of nitrogens with zero attached hydrogens (tertiary/aromatic N) is 7. The van der Waals surface area contributed by atoms with E-state index in [1.54, 1.807) is 43.0 Å². The minimum Gasteiger partial charge on any atom is -0.490 e. The number of anilines is 1. The lowest BCUT2D eigenvalue weighted by molar-refractivity contribution is -0.136. The molecule has 15 heteroatoms. The monoisotopic (exact) mass is 711 g/mol. The fourth-order valence-corrected chi connectivity index (χ4v) is 7.62. The standard InChI is InChI=1S/C38H33N9O6/c1-38(23-7-11-26(12-8-23)53-28-20-39-37(40-21-28)45-16-15-41-44-45)19-22-5-9-25(10-6-22)52-27-17-24(18-27)47(38)43-30-4-2-3-29-33(30)36(51)46(35(29)50)31-13-14-32(48)42-34(31)49/h2-12,15-16,20-21,24,27,31,43H,13-14,17-19H2,1H3,(H,42,48,49)/t24?,27?,31-,38-/m1/s1. The molecular weight excluding hydrogens is 678 g/mol. The number of ether oxygens (including phenoxy) is 2. The number of rotatable bonds is 7. The summed E-state index contributed by atoms with van der Waals surface area (Å²) in [6.45, 7) is 2.15. The molecule has 1 aliphatic carbocycles. The van der Waals surface area contributed by atoms with Crippen LogP contribution in [0.1, 0.15) is 64.4 Å². The summed E-state index contributed by atoms with van der Waals surface area (Å²) in [6, 6.07) is 20.0. The zero-order chi connectivity index (χ0) is 36.3. The molecule has 1 saturated carbocycles. The van der Waals surface area contributed by atoms with Gasteiger partial charge in [0.1, 0.15) is 23.6 Å². The van der Waals surface area contributed by atoms with Gasteiger partial charge >= 0.3 is 0 Å². The molecule has 3 aromatic carbocycles. The number of amides is 4. The summed E-state index contributed by atoms with van der Waals surface area (Å²) in [5.74, 6) is 0.0157. The van der Waals surface area contributed by atoms with E-state index in [1.807, 2.05) is 36.4 Å². The van der Waals surface area contributed by atoms with E-state index < -0.39 is 35.2 Å². The molecule has 0 unspecified atom stereocenters. The van der Waals surface area contributed by atoms with Gasteiger partial charge in [0.25, 0.3) is 17.8 Å². The van der Waals surface area contributed by atoms with Crippen molar-refractivity contribution in [2.45, 2.75) is 62.8 Å². The number of hydrazine groups is 1. The molecule has 4 amide bonds. The number of carbonyl (C=O) groups excluding carboxylic acids is 4. The molecular formula is C38H33N9O6. The predicted molar refractivity (Wildman–Crippen MR) is 187 cm³/mol. The van der Waals surface area contributed by atoms with Crippen LogP contribution < -0.4 is 20.2 Å². The van der Waals surface area contributed by atoms with E-state index in [0.717, 1.165) is 34.6 Å². The number of aromatic nitrogens is 5. The molecule has 2 fully saturated rings. The minimum atomic E-state index is -1.07. The topological polar surface area (TPSA) is 174 Å². The summed E-state index contributed by atoms with van der Waals surface area (Å²) in [5.41, 5.74) is 5.81. The molecule has 2 aromatic heterocycles. The van der Waals surface area contributed by atoms with Crippen molar-refractivity contribution in [1.82, 2.24) is 40.2 Å². The van der Waals surface area contributed by atoms with Gasteiger partial charge in [0.15, 0.2) is 5.75 Å². The van der Waals surface area contributed by atoms with Gasteiger partial charge in [-0.2, -0.15) is 4.68 Å². The van der Waals surface area contributed by atoms with Gasteiger partial charge in [-0.3, -0.25) is 29.4 Å². The molecule has 12 rings (SSSR count). The van der Waals surface area contributed by atoms with Gasteiger partial charge in [-0.05, 0) is 67.3 Å². The lowest BCUT2D eigenvalue weighted by atomic mass is 9.80. The Kier molecular flexibility index (Phi) is 7.73. The van der Waals surface area contributed by atoms with E-state index in [-0.39, 0.29) is 36.1 Å². The minimum absolute atomic E-state index is 0.000783. The van der Waals surface area contributed by atoms with Crippen LogP contribution in [0.15, 0.2) is 91.5 Å². The van der Waals surface area contributed by atoms with Crippen molar-refractivity contribution in [2.75, 3.05) is 5.43 Å². The van der Waals surface area contributed by atoms with Crippen molar-refractivity contribution in [3.8, 4) is 23.2 Å². The van der Waals surface area contributed by atoms with Crippen molar-refractivity contribution < 1.29 is 28.7 Å². The number of nitrogens with one attached hydrogen (secondary N) is 2. The van der Waals surface area contributed by atoms with E-state index in [2.05, 4.69) is 55.1 Å². The highest BCUT2D eigenvalue weighted by atomic mass is 16.5. The Hall–Kier alpha value is -6.48. The highest BCUT2D eigenvalue weighted by Crippen LogP contribution is 2.43. The molecule has 5 aromatic rings. The highest BCUT2D eigenvalue weighted by Gasteiger charge is 2.48. The number of fused-ring (bicyclic) bond motifs is 1. The highest BCUT2D eigenvalue weighted by molar-refractivity contribution is 6.25. The van der Waals surface area contributed by atoms with Crippen LogP contribution in [-0.2, 0) is 21.5 Å². The number of benzene rings is 3. The Morgan fingerprint density at radius 2 is 1.70 bits per heavy atom. The average Bonchev–Trinajstić information content (AvgIpc) is 3.76. The van der Waals surface area contributed by atoms with E-state index >= 15 is 0 Å². The summed E-state index contributed by atoms with van der Waals surface area (Å²) < 4.78 is 13.8. The molecule has 15 nitrogen and oxygen atoms in total. The smallest absolute Gasteiger partial charge is 0.264 e. The Morgan fingerprint density at radius 3 is 2.42 bits per heavy atom. The maximum atomic E-state index is 14.1. The lowest BCUT2D eigenvalue weighted by Crippen LogP contribution is -2.59. The van der Waals surface area contributed by atoms with E-state index in [9.17, 15) is 19.2 Å². The van der Waals surface area contributed by atoms with E-state index in [1.165, 1.54) is 4.68 Å². The lowest BCUT2D eigenvalue weighted by Gasteiger charge is -2.51. The number of hydrogen-bond donors (Lipinski definition) is 2. The summed E-state index contributed by atoms with van der Waals surface area (Å²) in [6.07, 6.45) is 8.48. The zero-order valence-electron chi connectivity index (χ0n) is 28.5. The third kappa shape index (κ3) is 5.74. The third-order valence-electron chi connectivity index (χ3n) is 10.4. The van der Waals surface area contributed by atoms with Gasteiger partial charge in [-0.25, -0.2) is 15.0 Å². The SMILES string of the molecule is C[C@]1(c2ccc(Oc3cnc(-n4ccnn4)nc3)cc2)Cc2ccc(cc2)OC2CC(C2)N1Nc1cccc2c1C(=O)N([C@@H]1CCC(=O)NC1=O)C2=O. The first-order chi connectivity index (χ1) is 25.7. The maximum absolute atomic E-state index is 14.1. The van der Waals surface area contributed by atoms with Gasteiger partial charge in [0, 0.05) is 25.3 Å². The van der Waals surface area contributed by atoms with Crippen molar-refractivity contribution in [2.24, 2.45) is 0 Å². The zero-order valence-corrected chi connectivity index (χ0v) is 28.5. The summed E-state index contributed by atoms with van der Waals surface area (Å²) in [7, 11) is 0. The Morgan fingerprint density at radius 1 is 0.925 bits per heavy atom. The normalized spacial score (nSPS) is 23.8. The summed E-state index contributed by atoms with van der Waals surface area (Å²) >= 11 is 0. The fraction of sp³-hybridized carbons (Fsp3) is 0.263. The second kappa shape index (κ2) is 12.6. The van der Waals surface area contributed by atoms with Gasteiger partial charge < -0.3 is 14.9 Å². The van der Waals surface area contributed by atoms with Crippen LogP contribution in [-0.4, -0.2) is 76.7 Å². The van der Waals surface area contributed by atoms with Crippen LogP contribution in [0.4, 0.5) is 5.69 Å². The first kappa shape index (κ1) is 32.4. The Bertz CT molecular complexity index is 2240. The maximum Gasteiger partial charge on any atom is 0.264 e. The van der Waals surface area contributed by atoms with Gasteiger partial charge in [0.2, 0.25) is 11.8 Å². The predicted octanol–water partition coefficient (Wildman–Crippen LogP) is 3.96. The quantitative estimate of drug-likeness (QED) is 0.233. The fourth-order valence-electron chi connectivity index (χ4n) is 7.62. The van der Waals surface area contributed by atoms with Crippen molar-refractivity contribution in [3.05, 3.63) is 114 Å². The van der Waals surface area contributed by atoms with Gasteiger partial charge in [-0.1, -0.05) is 35.5 Å². The van der Waals surface area contributed by atoms with Crippen LogP contribution in [0, 0.1) is 0 Å². The molecule has 4 bridgehead atoms. The largest absolute Gasteiger partial charge is 0.490 e. The summed E-state index contributed by atoms with van der Waals surface area (Å²) in [4.78, 5) is 62.0. The van der Waals surface area contributed by atoms with Crippen molar-refractivity contribution in [1.29, 1.82) is 0 Å².